The van der Waals surface area contributed by atoms with E-state index in [-0.39, 0.29) is 5.91 Å². The summed E-state index contributed by atoms with van der Waals surface area (Å²) in [5.41, 5.74) is 6.88. The van der Waals surface area contributed by atoms with Gasteiger partial charge in [0.25, 0.3) is 11.8 Å². The maximum absolute atomic E-state index is 14.6. The molecule has 0 bridgehead atoms. The number of benzene rings is 5. The molecule has 8 aromatic rings. The van der Waals surface area contributed by atoms with E-state index in [1.165, 1.54) is 4.90 Å². The van der Waals surface area contributed by atoms with E-state index in [2.05, 4.69) is 29.9 Å². The van der Waals surface area contributed by atoms with E-state index in [0.29, 0.717) is 57.4 Å². The lowest BCUT2D eigenvalue weighted by molar-refractivity contribution is 0.0926. The largest absolute Gasteiger partial charge is 0.308 e. The Morgan fingerprint density at radius 3 is 1.58 bits per heavy atom. The number of carbonyl (C=O) groups is 2. The Morgan fingerprint density at radius 1 is 0.462 bits per heavy atom. The third-order valence-corrected chi connectivity index (χ3v) is 9.35. The van der Waals surface area contributed by atoms with Gasteiger partial charge < -0.3 is 4.57 Å². The summed E-state index contributed by atoms with van der Waals surface area (Å²) in [5.74, 6) is 2.82. The highest BCUT2D eigenvalue weighted by Gasteiger charge is 2.39. The van der Waals surface area contributed by atoms with Gasteiger partial charge in [-0.1, -0.05) is 72.8 Å². The molecule has 2 amide bonds. The molecule has 5 aromatic carbocycles. The number of amides is 2. The number of imide groups is 1. The van der Waals surface area contributed by atoms with Crippen molar-refractivity contribution in [2.24, 2.45) is 0 Å². The molecule has 1 aliphatic heterocycles. The molecule has 0 fully saturated rings. The summed E-state index contributed by atoms with van der Waals surface area (Å²) in [5, 5.41) is 1.91. The number of rotatable bonds is 5. The van der Waals surface area contributed by atoms with Crippen LogP contribution in [0, 0.1) is 27.7 Å². The molecule has 3 aromatic heterocycles. The van der Waals surface area contributed by atoms with Crippen LogP contribution in [0.1, 0.15) is 44.0 Å². The number of nitrogens with zero attached hydrogens (tertiary/aromatic N) is 8. The van der Waals surface area contributed by atoms with Gasteiger partial charge in [-0.25, -0.2) is 34.8 Å². The van der Waals surface area contributed by atoms with Gasteiger partial charge in [-0.3, -0.25) is 9.59 Å². The van der Waals surface area contributed by atoms with Crippen LogP contribution in [-0.4, -0.2) is 46.3 Å². The summed E-state index contributed by atoms with van der Waals surface area (Å²) in [7, 11) is 0. The van der Waals surface area contributed by atoms with Crippen LogP contribution < -0.4 is 4.90 Å². The van der Waals surface area contributed by atoms with E-state index in [4.69, 9.17) is 0 Å². The van der Waals surface area contributed by atoms with Crippen LogP contribution in [0.25, 0.3) is 61.4 Å². The molecule has 0 radical (unpaired) electrons. The van der Waals surface area contributed by atoms with Crippen LogP contribution in [0.2, 0.25) is 0 Å². The van der Waals surface area contributed by atoms with E-state index in [1.807, 2.05) is 129 Å². The van der Waals surface area contributed by atoms with E-state index >= 15 is 0 Å². The lowest BCUT2D eigenvalue weighted by Crippen LogP contribution is -2.29. The van der Waals surface area contributed by atoms with Crippen LogP contribution >= 0.6 is 0 Å². The molecule has 0 saturated carbocycles. The van der Waals surface area contributed by atoms with Gasteiger partial charge in [-0.2, -0.15) is 0 Å². The third-order valence-electron chi connectivity index (χ3n) is 9.35. The van der Waals surface area contributed by atoms with Crippen LogP contribution in [0.15, 0.2) is 109 Å². The first kappa shape index (κ1) is 31.1. The predicted octanol–water partition coefficient (Wildman–Crippen LogP) is 8.19. The van der Waals surface area contributed by atoms with E-state index in [9.17, 15) is 9.59 Å². The first-order chi connectivity index (χ1) is 25.2. The molecule has 250 valence electrons. The summed E-state index contributed by atoms with van der Waals surface area (Å²) in [6.45, 7) is 7.38. The molecule has 0 N–H and O–H groups in total. The molecular weight excluding hydrogens is 649 g/mol. The molecule has 0 unspecified atom stereocenters. The lowest BCUT2D eigenvalue weighted by atomic mass is 10.0. The zero-order valence-electron chi connectivity index (χ0n) is 28.8. The Hall–Kier alpha value is -6.94. The maximum Gasteiger partial charge on any atom is 0.268 e. The minimum Gasteiger partial charge on any atom is -0.308 e. The number of aryl methyl sites for hydroxylation is 4. The Bertz CT molecular complexity index is 2640. The van der Waals surface area contributed by atoms with Crippen LogP contribution in [-0.2, 0) is 0 Å². The van der Waals surface area contributed by atoms with Crippen LogP contribution in [0.5, 0.6) is 0 Å². The fraction of sp³-hybridized carbons (Fsp3) is 0.0952. The van der Waals surface area contributed by atoms with Crippen molar-refractivity contribution in [3.05, 3.63) is 144 Å². The monoisotopic (exact) mass is 678 g/mol. The molecule has 52 heavy (non-hydrogen) atoms. The summed E-state index contributed by atoms with van der Waals surface area (Å²) >= 11 is 0. The average Bonchev–Trinajstić information content (AvgIpc) is 3.60. The Balaban J connectivity index is 1.28. The zero-order valence-corrected chi connectivity index (χ0v) is 28.8. The Labute approximate surface area is 298 Å². The second kappa shape index (κ2) is 11.8. The van der Waals surface area contributed by atoms with Crippen LogP contribution in [0.3, 0.4) is 0 Å². The highest BCUT2D eigenvalue weighted by Crippen LogP contribution is 2.40. The highest BCUT2D eigenvalue weighted by molar-refractivity contribution is 6.36. The molecule has 0 atom stereocenters. The predicted molar refractivity (Wildman–Crippen MR) is 200 cm³/mol. The molecule has 10 nitrogen and oxygen atoms in total. The topological polar surface area (TPSA) is 120 Å². The molecule has 10 heteroatoms. The van der Waals surface area contributed by atoms with Crippen molar-refractivity contribution in [3.63, 3.8) is 0 Å². The summed E-state index contributed by atoms with van der Waals surface area (Å²) < 4.78 is 2.05. The van der Waals surface area contributed by atoms with Crippen LogP contribution in [0.4, 0.5) is 5.69 Å². The lowest BCUT2D eigenvalue weighted by Gasteiger charge is -2.16. The SMILES string of the molecule is Cc1nc(C)nc(-c2ccc3c4ccc(-c5nc(C)nc(C)n5)cc4n(-c4cccc5c4C(=O)N(c4cccc(-c6ccccc6)c4)C5=O)c3c2)n1. The third kappa shape index (κ3) is 5.03. The van der Waals surface area contributed by atoms with Gasteiger partial charge in [-0.05, 0) is 75.2 Å². The van der Waals surface area contributed by atoms with Crippen molar-refractivity contribution in [3.8, 4) is 39.6 Å². The van der Waals surface area contributed by atoms with Gasteiger partial charge in [0.1, 0.15) is 23.3 Å². The quantitative estimate of drug-likeness (QED) is 0.167. The van der Waals surface area contributed by atoms with E-state index < -0.39 is 5.91 Å². The Morgan fingerprint density at radius 2 is 1.00 bits per heavy atom. The summed E-state index contributed by atoms with van der Waals surface area (Å²) in [4.78, 5) is 57.3. The number of hydrogen-bond donors (Lipinski definition) is 0. The van der Waals surface area contributed by atoms with Gasteiger partial charge in [0, 0.05) is 21.9 Å². The van der Waals surface area contributed by atoms with Crippen molar-refractivity contribution in [1.29, 1.82) is 0 Å². The summed E-state index contributed by atoms with van der Waals surface area (Å²) in [6.07, 6.45) is 0. The smallest absolute Gasteiger partial charge is 0.268 e. The van der Waals surface area contributed by atoms with Crippen molar-refractivity contribution >= 4 is 39.3 Å². The van der Waals surface area contributed by atoms with E-state index in [1.54, 1.807) is 12.1 Å². The summed E-state index contributed by atoms with van der Waals surface area (Å²) in [6, 6.07) is 35.0. The molecule has 1 aliphatic rings. The number of hydrogen-bond acceptors (Lipinski definition) is 8. The fourth-order valence-electron chi connectivity index (χ4n) is 7.19. The molecule has 0 aliphatic carbocycles. The number of aromatic nitrogens is 7. The molecule has 4 heterocycles. The first-order valence-electron chi connectivity index (χ1n) is 16.9. The fourth-order valence-corrected chi connectivity index (χ4v) is 7.19. The van der Waals surface area contributed by atoms with Crippen molar-refractivity contribution in [2.45, 2.75) is 27.7 Å². The number of carbonyl (C=O) groups excluding carboxylic acids is 2. The minimum absolute atomic E-state index is 0.325. The van der Waals surface area contributed by atoms with E-state index in [0.717, 1.165) is 44.1 Å². The standard InChI is InChI=1S/C42H30N8O2/c1-23-43-24(2)46-39(45-23)29-16-18-32-33-19-17-30(40-47-25(3)44-26(4)48-40)22-37(33)50(36(32)21-29)35-15-9-14-34-38(35)42(52)49(41(34)51)31-13-8-12-28(20-31)27-10-6-5-7-11-27/h5-22H,1-4H3. The second-order valence-corrected chi connectivity index (χ2v) is 12.9. The van der Waals surface area contributed by atoms with Crippen molar-refractivity contribution in [1.82, 2.24) is 34.5 Å². The van der Waals surface area contributed by atoms with Gasteiger partial charge in [0.15, 0.2) is 11.6 Å². The molecular formula is C42H30N8O2. The normalized spacial score (nSPS) is 12.7. The molecule has 0 saturated heterocycles. The van der Waals surface area contributed by atoms with Gasteiger partial charge >= 0.3 is 0 Å². The first-order valence-corrected chi connectivity index (χ1v) is 16.9. The minimum atomic E-state index is -0.393. The second-order valence-electron chi connectivity index (χ2n) is 12.9. The van der Waals surface area contributed by atoms with Crippen molar-refractivity contribution < 1.29 is 9.59 Å². The molecule has 9 rings (SSSR count). The van der Waals surface area contributed by atoms with Gasteiger partial charge in [0.05, 0.1) is 33.5 Å². The highest BCUT2D eigenvalue weighted by atomic mass is 16.2. The zero-order chi connectivity index (χ0) is 35.7. The maximum atomic E-state index is 14.6. The van der Waals surface area contributed by atoms with Gasteiger partial charge in [-0.15, -0.1) is 0 Å². The Kier molecular flexibility index (Phi) is 7.08. The van der Waals surface area contributed by atoms with Crippen molar-refractivity contribution in [2.75, 3.05) is 4.90 Å². The number of fused-ring (bicyclic) bond motifs is 4. The number of anilines is 1. The average molecular weight is 679 g/mol. The van der Waals surface area contributed by atoms with Gasteiger partial charge in [0.2, 0.25) is 0 Å². The molecule has 0 spiro atoms.